The highest BCUT2D eigenvalue weighted by Crippen LogP contribution is 2.41. The number of hydrogen-bond acceptors (Lipinski definition) is 3. The summed E-state index contributed by atoms with van der Waals surface area (Å²) in [5.41, 5.74) is -0.842. The second-order valence-corrected chi connectivity index (χ2v) is 4.02. The molecule has 3 nitrogen and oxygen atoms in total. The van der Waals surface area contributed by atoms with E-state index in [1.54, 1.807) is 0 Å². The van der Waals surface area contributed by atoms with Crippen LogP contribution in [0.25, 0.3) is 0 Å². The van der Waals surface area contributed by atoms with Crippen molar-refractivity contribution in [3.63, 3.8) is 0 Å². The summed E-state index contributed by atoms with van der Waals surface area (Å²) in [6, 6.07) is 3.47. The van der Waals surface area contributed by atoms with E-state index >= 15 is 0 Å². The van der Waals surface area contributed by atoms with Gasteiger partial charge in [-0.05, 0) is 24.3 Å². The fourth-order valence-corrected chi connectivity index (χ4v) is 1.24. The Kier molecular flexibility index (Phi) is 3.91. The lowest BCUT2D eigenvalue weighted by molar-refractivity contribution is -0.402. The molecule has 0 radical (unpaired) electrons. The largest absolute Gasteiger partial charge is 0.450 e. The third kappa shape index (κ3) is 2.70. The van der Waals surface area contributed by atoms with Gasteiger partial charge in [-0.15, -0.1) is 0 Å². The van der Waals surface area contributed by atoms with Crippen molar-refractivity contribution in [2.24, 2.45) is 0 Å². The molecule has 1 rings (SSSR count). The number of alkyl halides is 5. The smallest absolute Gasteiger partial charge is 0.354 e. The SMILES string of the molecule is O=C(c1ccc(Cl)cc1)C(F)(F)C(O)(O)C(F)(F)F. The van der Waals surface area contributed by atoms with Gasteiger partial charge in [0.25, 0.3) is 0 Å². The standard InChI is InChI=1S/C10H6ClF5O3/c11-6-3-1-5(2-4-6)7(17)8(12,13)9(18,19)10(14,15)16/h1-4,18-19H. The van der Waals surface area contributed by atoms with Crippen LogP contribution in [0.15, 0.2) is 24.3 Å². The summed E-state index contributed by atoms with van der Waals surface area (Å²) in [5, 5.41) is 17.1. The predicted molar refractivity (Wildman–Crippen MR) is 54.0 cm³/mol. The number of aliphatic hydroxyl groups is 2. The van der Waals surface area contributed by atoms with E-state index < -0.39 is 29.2 Å². The summed E-state index contributed by atoms with van der Waals surface area (Å²) < 4.78 is 62.9. The molecule has 0 fully saturated rings. The van der Waals surface area contributed by atoms with E-state index in [9.17, 15) is 26.7 Å². The number of rotatable bonds is 3. The van der Waals surface area contributed by atoms with Crippen LogP contribution in [0.2, 0.25) is 5.02 Å². The second kappa shape index (κ2) is 4.69. The van der Waals surface area contributed by atoms with Crippen LogP contribution in [-0.4, -0.2) is 33.9 Å². The Morgan fingerprint density at radius 2 is 1.42 bits per heavy atom. The highest BCUT2D eigenvalue weighted by molar-refractivity contribution is 6.30. The summed E-state index contributed by atoms with van der Waals surface area (Å²) in [6.45, 7) is 0. The van der Waals surface area contributed by atoms with Gasteiger partial charge < -0.3 is 10.2 Å². The maximum Gasteiger partial charge on any atom is 0.450 e. The molecule has 0 saturated carbocycles. The third-order valence-electron chi connectivity index (χ3n) is 2.22. The Balaban J connectivity index is 3.20. The summed E-state index contributed by atoms with van der Waals surface area (Å²) in [7, 11) is 0. The molecule has 0 saturated heterocycles. The number of benzene rings is 1. The molecule has 0 spiro atoms. The lowest BCUT2D eigenvalue weighted by atomic mass is 9.98. The average Bonchev–Trinajstić information content (AvgIpc) is 2.27. The van der Waals surface area contributed by atoms with Crippen molar-refractivity contribution < 1.29 is 37.0 Å². The van der Waals surface area contributed by atoms with Gasteiger partial charge in [0, 0.05) is 10.6 Å². The van der Waals surface area contributed by atoms with Gasteiger partial charge >= 0.3 is 17.9 Å². The quantitative estimate of drug-likeness (QED) is 0.512. The highest BCUT2D eigenvalue weighted by atomic mass is 35.5. The van der Waals surface area contributed by atoms with Crippen molar-refractivity contribution in [2.75, 3.05) is 0 Å². The average molecular weight is 305 g/mol. The second-order valence-electron chi connectivity index (χ2n) is 3.58. The van der Waals surface area contributed by atoms with Crippen LogP contribution in [0.5, 0.6) is 0 Å². The molecule has 0 aliphatic heterocycles. The zero-order valence-corrected chi connectivity index (χ0v) is 9.64. The molecule has 19 heavy (non-hydrogen) atoms. The molecular formula is C10H6ClF5O3. The van der Waals surface area contributed by atoms with Crippen molar-refractivity contribution in [3.8, 4) is 0 Å². The van der Waals surface area contributed by atoms with Crippen molar-refractivity contribution >= 4 is 17.4 Å². The molecule has 1 aromatic rings. The minimum atomic E-state index is -6.10. The van der Waals surface area contributed by atoms with Gasteiger partial charge in [0.2, 0.25) is 5.78 Å². The molecule has 9 heteroatoms. The van der Waals surface area contributed by atoms with Crippen LogP contribution in [-0.2, 0) is 0 Å². The normalized spacial score (nSPS) is 13.5. The van der Waals surface area contributed by atoms with E-state index in [1.165, 1.54) is 0 Å². The van der Waals surface area contributed by atoms with Crippen LogP contribution >= 0.6 is 11.6 Å². The molecule has 106 valence electrons. The Morgan fingerprint density at radius 3 is 1.79 bits per heavy atom. The predicted octanol–water partition coefficient (Wildman–Crippen LogP) is 2.40. The van der Waals surface area contributed by atoms with Gasteiger partial charge in [0.05, 0.1) is 0 Å². The van der Waals surface area contributed by atoms with E-state index in [1.807, 2.05) is 0 Å². The van der Waals surface area contributed by atoms with Crippen LogP contribution < -0.4 is 0 Å². The zero-order chi connectivity index (χ0) is 15.1. The molecule has 0 amide bonds. The molecule has 0 aliphatic rings. The molecule has 0 bridgehead atoms. The van der Waals surface area contributed by atoms with Crippen LogP contribution in [0.3, 0.4) is 0 Å². The summed E-state index contributed by atoms with van der Waals surface area (Å²) in [4.78, 5) is 11.3. The summed E-state index contributed by atoms with van der Waals surface area (Å²) >= 11 is 5.42. The molecular weight excluding hydrogens is 299 g/mol. The number of ketones is 1. The van der Waals surface area contributed by atoms with Crippen molar-refractivity contribution in [1.29, 1.82) is 0 Å². The van der Waals surface area contributed by atoms with Crippen molar-refractivity contribution in [1.82, 2.24) is 0 Å². The molecule has 0 aromatic heterocycles. The van der Waals surface area contributed by atoms with Crippen LogP contribution in [0, 0.1) is 0 Å². The molecule has 0 heterocycles. The van der Waals surface area contributed by atoms with Gasteiger partial charge in [-0.1, -0.05) is 11.6 Å². The Morgan fingerprint density at radius 1 is 1.00 bits per heavy atom. The highest BCUT2D eigenvalue weighted by Gasteiger charge is 2.72. The molecule has 1 aromatic carbocycles. The van der Waals surface area contributed by atoms with E-state index in [0.29, 0.717) is 0 Å². The fraction of sp³-hybridized carbons (Fsp3) is 0.300. The Bertz CT molecular complexity index is 481. The topological polar surface area (TPSA) is 57.5 Å². The van der Waals surface area contributed by atoms with Crippen molar-refractivity contribution in [3.05, 3.63) is 34.9 Å². The van der Waals surface area contributed by atoms with E-state index in [4.69, 9.17) is 21.8 Å². The lowest BCUT2D eigenvalue weighted by Gasteiger charge is -2.31. The van der Waals surface area contributed by atoms with Crippen LogP contribution in [0.4, 0.5) is 22.0 Å². The lowest BCUT2D eigenvalue weighted by Crippen LogP contribution is -2.62. The molecule has 0 unspecified atom stereocenters. The van der Waals surface area contributed by atoms with E-state index in [0.717, 1.165) is 24.3 Å². The monoisotopic (exact) mass is 304 g/mol. The van der Waals surface area contributed by atoms with Gasteiger partial charge in [0.1, 0.15) is 0 Å². The first-order valence-corrected chi connectivity index (χ1v) is 4.98. The van der Waals surface area contributed by atoms with E-state index in [-0.39, 0.29) is 5.02 Å². The number of halogens is 6. The third-order valence-corrected chi connectivity index (χ3v) is 2.48. The number of carbonyl (C=O) groups excluding carboxylic acids is 1. The number of hydrogen-bond donors (Lipinski definition) is 2. The molecule has 0 aliphatic carbocycles. The first kappa shape index (κ1) is 15.8. The number of carbonyl (C=O) groups is 1. The van der Waals surface area contributed by atoms with Crippen molar-refractivity contribution in [2.45, 2.75) is 17.9 Å². The number of Topliss-reactive ketones (excluding diaryl/α,β-unsaturated/α-hetero) is 1. The van der Waals surface area contributed by atoms with Gasteiger partial charge in [0.15, 0.2) is 0 Å². The Hall–Kier alpha value is -1.25. The summed E-state index contributed by atoms with van der Waals surface area (Å²) in [5.74, 6) is -13.3. The molecule has 0 atom stereocenters. The maximum atomic E-state index is 13.3. The minimum absolute atomic E-state index is 0.0648. The fourth-order valence-electron chi connectivity index (χ4n) is 1.12. The zero-order valence-electron chi connectivity index (χ0n) is 8.88. The van der Waals surface area contributed by atoms with Crippen LogP contribution in [0.1, 0.15) is 10.4 Å². The van der Waals surface area contributed by atoms with E-state index in [2.05, 4.69) is 0 Å². The van der Waals surface area contributed by atoms with Gasteiger partial charge in [-0.2, -0.15) is 22.0 Å². The minimum Gasteiger partial charge on any atom is -0.354 e. The van der Waals surface area contributed by atoms with Gasteiger partial charge in [-0.25, -0.2) is 0 Å². The molecule has 2 N–H and O–H groups in total. The summed E-state index contributed by atoms with van der Waals surface area (Å²) in [6.07, 6.45) is -6.10. The first-order chi connectivity index (χ1) is 8.41. The van der Waals surface area contributed by atoms with Gasteiger partial charge in [-0.3, -0.25) is 4.79 Å². The maximum absolute atomic E-state index is 13.3. The first-order valence-electron chi connectivity index (χ1n) is 4.61. The Labute approximate surface area is 108 Å².